The van der Waals surface area contributed by atoms with Crippen molar-refractivity contribution in [2.45, 2.75) is 0 Å². The molecule has 0 amide bonds. The van der Waals surface area contributed by atoms with E-state index in [4.69, 9.17) is 5.11 Å². The maximum atomic E-state index is 11.3. The largest absolute Gasteiger partial charge is 0.465 e. The van der Waals surface area contributed by atoms with E-state index in [1.165, 1.54) is 7.11 Å². The highest BCUT2D eigenvalue weighted by molar-refractivity contribution is 5.90. The number of methoxy groups -OCH3 is 1. The maximum absolute atomic E-state index is 11.3. The van der Waals surface area contributed by atoms with Gasteiger partial charge in [0.15, 0.2) is 0 Å². The smallest absolute Gasteiger partial charge is 0.337 e. The van der Waals surface area contributed by atoms with Crippen molar-refractivity contribution >= 4 is 11.7 Å². The Labute approximate surface area is 89.1 Å². The van der Waals surface area contributed by atoms with Crippen LogP contribution in [0.5, 0.6) is 0 Å². The maximum Gasteiger partial charge on any atom is 0.337 e. The fourth-order valence-corrected chi connectivity index (χ4v) is 1.27. The molecule has 0 unspecified atom stereocenters. The molecule has 0 aliphatic heterocycles. The fraction of sp³-hybridized carbons (Fsp3) is 0.364. The minimum Gasteiger partial charge on any atom is -0.465 e. The molecule has 4 nitrogen and oxygen atoms in total. The molecule has 4 heteroatoms. The normalized spacial score (nSPS) is 9.80. The number of hydrogen-bond donors (Lipinski definition) is 1. The average Bonchev–Trinajstić information content (AvgIpc) is 2.28. The highest BCUT2D eigenvalue weighted by atomic mass is 16.5. The molecule has 0 saturated heterocycles. The molecule has 0 spiro atoms. The number of aliphatic hydroxyl groups is 1. The number of likely N-dealkylation sites (N-methyl/N-ethyl adjacent to an activating group) is 1. The molecule has 0 aliphatic carbocycles. The quantitative estimate of drug-likeness (QED) is 0.748. The van der Waals surface area contributed by atoms with Gasteiger partial charge in [-0.25, -0.2) is 4.79 Å². The van der Waals surface area contributed by atoms with E-state index < -0.39 is 0 Å². The molecule has 0 aliphatic rings. The van der Waals surface area contributed by atoms with E-state index in [2.05, 4.69) is 4.74 Å². The lowest BCUT2D eigenvalue weighted by Gasteiger charge is -2.18. The second kappa shape index (κ2) is 5.36. The summed E-state index contributed by atoms with van der Waals surface area (Å²) in [6, 6.07) is 7.10. The van der Waals surface area contributed by atoms with E-state index in [1.54, 1.807) is 18.2 Å². The summed E-state index contributed by atoms with van der Waals surface area (Å²) < 4.78 is 4.62. The summed E-state index contributed by atoms with van der Waals surface area (Å²) in [6.07, 6.45) is 0. The molecule has 0 aromatic heterocycles. The molecule has 1 N–H and O–H groups in total. The van der Waals surface area contributed by atoms with Crippen LogP contribution in [0.4, 0.5) is 5.69 Å². The molecule has 0 heterocycles. The molecular formula is C11H15NO3. The SMILES string of the molecule is COC(=O)c1cccc(N(C)CCO)c1. The molecule has 0 saturated carbocycles. The zero-order valence-corrected chi connectivity index (χ0v) is 8.93. The van der Waals surface area contributed by atoms with Crippen molar-refractivity contribution in [1.82, 2.24) is 0 Å². The van der Waals surface area contributed by atoms with Crippen LogP contribution in [0.2, 0.25) is 0 Å². The second-order valence-electron chi connectivity index (χ2n) is 3.19. The van der Waals surface area contributed by atoms with Crippen molar-refractivity contribution in [3.63, 3.8) is 0 Å². The van der Waals surface area contributed by atoms with Crippen molar-refractivity contribution in [3.05, 3.63) is 29.8 Å². The summed E-state index contributed by atoms with van der Waals surface area (Å²) in [4.78, 5) is 13.1. The molecule has 1 rings (SSSR count). The van der Waals surface area contributed by atoms with Crippen LogP contribution in [0.3, 0.4) is 0 Å². The highest BCUT2D eigenvalue weighted by Gasteiger charge is 2.07. The van der Waals surface area contributed by atoms with Gasteiger partial charge in [-0.1, -0.05) is 6.07 Å². The lowest BCUT2D eigenvalue weighted by Crippen LogP contribution is -2.21. The van der Waals surface area contributed by atoms with Gasteiger partial charge in [-0.3, -0.25) is 0 Å². The first-order chi connectivity index (χ1) is 7.19. The molecule has 0 bridgehead atoms. The highest BCUT2D eigenvalue weighted by Crippen LogP contribution is 2.14. The number of carbonyl (C=O) groups is 1. The number of aliphatic hydroxyl groups excluding tert-OH is 1. The molecule has 82 valence electrons. The molecule has 0 atom stereocenters. The van der Waals surface area contributed by atoms with Crippen molar-refractivity contribution < 1.29 is 14.6 Å². The first-order valence-corrected chi connectivity index (χ1v) is 4.69. The Morgan fingerprint density at radius 1 is 1.53 bits per heavy atom. The molecule has 0 fully saturated rings. The molecule has 1 aromatic carbocycles. The van der Waals surface area contributed by atoms with Crippen LogP contribution in [-0.2, 0) is 4.74 Å². The van der Waals surface area contributed by atoms with Crippen LogP contribution in [0, 0.1) is 0 Å². The standard InChI is InChI=1S/C11H15NO3/c1-12(6-7-13)10-5-3-4-9(8-10)11(14)15-2/h3-5,8,13H,6-7H2,1-2H3. The van der Waals surface area contributed by atoms with Crippen LogP contribution in [-0.4, -0.2) is 38.4 Å². The van der Waals surface area contributed by atoms with E-state index in [0.29, 0.717) is 12.1 Å². The third-order valence-electron chi connectivity index (χ3n) is 2.14. The van der Waals surface area contributed by atoms with Crippen molar-refractivity contribution in [3.8, 4) is 0 Å². The van der Waals surface area contributed by atoms with Gasteiger partial charge in [-0.2, -0.15) is 0 Å². The summed E-state index contributed by atoms with van der Waals surface area (Å²) >= 11 is 0. The summed E-state index contributed by atoms with van der Waals surface area (Å²) in [5.41, 5.74) is 1.40. The van der Waals surface area contributed by atoms with Gasteiger partial charge in [-0.15, -0.1) is 0 Å². The van der Waals surface area contributed by atoms with Crippen molar-refractivity contribution in [1.29, 1.82) is 0 Å². The summed E-state index contributed by atoms with van der Waals surface area (Å²) in [5, 5.41) is 8.79. The summed E-state index contributed by atoms with van der Waals surface area (Å²) in [7, 11) is 3.21. The van der Waals surface area contributed by atoms with Crippen LogP contribution in [0.1, 0.15) is 10.4 Å². The van der Waals surface area contributed by atoms with Gasteiger partial charge in [0, 0.05) is 19.3 Å². The predicted molar refractivity (Wildman–Crippen MR) is 58.1 cm³/mol. The third kappa shape index (κ3) is 2.95. The lowest BCUT2D eigenvalue weighted by atomic mass is 10.2. The number of carbonyl (C=O) groups excluding carboxylic acids is 1. The Balaban J connectivity index is 2.87. The fourth-order valence-electron chi connectivity index (χ4n) is 1.27. The van der Waals surface area contributed by atoms with Gasteiger partial charge in [0.25, 0.3) is 0 Å². The third-order valence-corrected chi connectivity index (χ3v) is 2.14. The number of nitrogens with zero attached hydrogens (tertiary/aromatic N) is 1. The van der Waals surface area contributed by atoms with E-state index in [-0.39, 0.29) is 12.6 Å². The summed E-state index contributed by atoms with van der Waals surface area (Å²) in [6.45, 7) is 0.615. The number of ether oxygens (including phenoxy) is 1. The molecule has 0 radical (unpaired) electrons. The van der Waals surface area contributed by atoms with E-state index in [0.717, 1.165) is 5.69 Å². The Morgan fingerprint density at radius 3 is 2.87 bits per heavy atom. The number of benzene rings is 1. The van der Waals surface area contributed by atoms with Gasteiger partial charge in [-0.05, 0) is 18.2 Å². The molecular weight excluding hydrogens is 194 g/mol. The van der Waals surface area contributed by atoms with Crippen LogP contribution in [0.25, 0.3) is 0 Å². The van der Waals surface area contributed by atoms with Gasteiger partial charge >= 0.3 is 5.97 Å². The van der Waals surface area contributed by atoms with Gasteiger partial charge in [0.05, 0.1) is 19.3 Å². The molecule has 15 heavy (non-hydrogen) atoms. The van der Waals surface area contributed by atoms with Crippen molar-refractivity contribution in [2.75, 3.05) is 32.2 Å². The van der Waals surface area contributed by atoms with E-state index in [1.807, 2.05) is 18.0 Å². The number of rotatable bonds is 4. The molecule has 1 aromatic rings. The van der Waals surface area contributed by atoms with Crippen LogP contribution >= 0.6 is 0 Å². The zero-order valence-electron chi connectivity index (χ0n) is 8.93. The van der Waals surface area contributed by atoms with Crippen molar-refractivity contribution in [2.24, 2.45) is 0 Å². The van der Waals surface area contributed by atoms with Gasteiger partial charge < -0.3 is 14.7 Å². The van der Waals surface area contributed by atoms with Crippen LogP contribution < -0.4 is 4.90 Å². The van der Waals surface area contributed by atoms with E-state index in [9.17, 15) is 4.79 Å². The second-order valence-corrected chi connectivity index (χ2v) is 3.19. The Bertz CT molecular complexity index is 338. The number of esters is 1. The first kappa shape index (κ1) is 11.5. The Kier molecular flexibility index (Phi) is 4.12. The van der Waals surface area contributed by atoms with Crippen LogP contribution in [0.15, 0.2) is 24.3 Å². The lowest BCUT2D eigenvalue weighted by molar-refractivity contribution is 0.0601. The minimum absolute atomic E-state index is 0.0823. The minimum atomic E-state index is -0.353. The monoisotopic (exact) mass is 209 g/mol. The van der Waals surface area contributed by atoms with E-state index >= 15 is 0 Å². The summed E-state index contributed by atoms with van der Waals surface area (Å²) in [5.74, 6) is -0.353. The Hall–Kier alpha value is -1.55. The first-order valence-electron chi connectivity index (χ1n) is 4.69. The zero-order chi connectivity index (χ0) is 11.3. The average molecular weight is 209 g/mol. The number of hydrogen-bond acceptors (Lipinski definition) is 4. The van der Waals surface area contributed by atoms with Gasteiger partial charge in [0.2, 0.25) is 0 Å². The predicted octanol–water partition coefficient (Wildman–Crippen LogP) is 0.902. The number of anilines is 1. The Morgan fingerprint density at radius 2 is 2.27 bits per heavy atom. The topological polar surface area (TPSA) is 49.8 Å². The van der Waals surface area contributed by atoms with Gasteiger partial charge in [0.1, 0.15) is 0 Å².